The number of hydrogen-bond acceptors (Lipinski definition) is 6. The molecule has 0 aliphatic heterocycles. The summed E-state index contributed by atoms with van der Waals surface area (Å²) in [6.07, 6.45) is 1.48. The monoisotopic (exact) mass is 498 g/mol. The van der Waals surface area contributed by atoms with Crippen molar-refractivity contribution < 1.29 is 19.1 Å². The summed E-state index contributed by atoms with van der Waals surface area (Å²) in [6, 6.07) is 12.1. The van der Waals surface area contributed by atoms with Gasteiger partial charge in [-0.05, 0) is 72.6 Å². The predicted octanol–water partition coefficient (Wildman–Crippen LogP) is 3.95. The minimum atomic E-state index is -0.475. The Hall–Kier alpha value is -3.46. The number of nitrogens with one attached hydrogen (secondary N) is 1. The molecule has 1 amide bonds. The molecule has 0 radical (unpaired) electrons. The Labute approximate surface area is 194 Å². The Balaban J connectivity index is 1.63. The van der Waals surface area contributed by atoms with Gasteiger partial charge in [0.05, 0.1) is 34.7 Å². The molecule has 3 aromatic rings. The quantitative estimate of drug-likeness (QED) is 0.230. The molecule has 0 spiro atoms. The fourth-order valence-electron chi connectivity index (χ4n) is 2.96. The third kappa shape index (κ3) is 5.61. The van der Waals surface area contributed by atoms with Gasteiger partial charge in [0, 0.05) is 0 Å². The first kappa shape index (κ1) is 23.2. The van der Waals surface area contributed by atoms with Crippen LogP contribution in [0.1, 0.15) is 32.9 Å². The summed E-state index contributed by atoms with van der Waals surface area (Å²) in [6.45, 7) is 5.69. The molecule has 2 aromatic carbocycles. The summed E-state index contributed by atoms with van der Waals surface area (Å²) in [4.78, 5) is 24.6. The van der Waals surface area contributed by atoms with Gasteiger partial charge in [0.2, 0.25) is 0 Å². The zero-order chi connectivity index (χ0) is 23.3. The van der Waals surface area contributed by atoms with Crippen molar-refractivity contribution in [2.24, 2.45) is 5.10 Å². The van der Waals surface area contributed by atoms with Crippen molar-refractivity contribution in [1.29, 1.82) is 0 Å². The van der Waals surface area contributed by atoms with Crippen LogP contribution in [0.2, 0.25) is 0 Å². The number of aromatic nitrogens is 2. The van der Waals surface area contributed by atoms with E-state index in [0.717, 1.165) is 21.4 Å². The lowest BCUT2D eigenvalue weighted by Crippen LogP contribution is -2.24. The molecule has 0 aliphatic carbocycles. The number of carbonyl (C=O) groups excluding carboxylic acids is 2. The summed E-state index contributed by atoms with van der Waals surface area (Å²) >= 11 is 3.44. The fourth-order valence-corrected chi connectivity index (χ4v) is 3.24. The van der Waals surface area contributed by atoms with Crippen LogP contribution in [-0.2, 0) is 11.3 Å². The van der Waals surface area contributed by atoms with Gasteiger partial charge in [-0.3, -0.25) is 9.48 Å². The molecule has 3 rings (SSSR count). The molecule has 1 aromatic heterocycles. The molecule has 0 aliphatic rings. The second-order valence-electron chi connectivity index (χ2n) is 7.10. The van der Waals surface area contributed by atoms with Crippen LogP contribution in [0, 0.1) is 20.8 Å². The number of carbonyl (C=O) groups is 2. The first-order chi connectivity index (χ1) is 15.3. The highest BCUT2D eigenvalue weighted by atomic mass is 79.9. The van der Waals surface area contributed by atoms with Crippen molar-refractivity contribution in [3.8, 4) is 11.5 Å². The molecule has 0 unspecified atom stereocenters. The predicted molar refractivity (Wildman–Crippen MR) is 124 cm³/mol. The van der Waals surface area contributed by atoms with Gasteiger partial charge in [-0.2, -0.15) is 10.2 Å². The molecule has 0 fully saturated rings. The maximum absolute atomic E-state index is 12.4. The highest BCUT2D eigenvalue weighted by molar-refractivity contribution is 9.10. The third-order valence-electron chi connectivity index (χ3n) is 4.63. The first-order valence-corrected chi connectivity index (χ1v) is 10.6. The first-order valence-electron chi connectivity index (χ1n) is 9.76. The van der Waals surface area contributed by atoms with E-state index in [2.05, 4.69) is 31.6 Å². The van der Waals surface area contributed by atoms with Crippen molar-refractivity contribution in [2.45, 2.75) is 27.3 Å². The van der Waals surface area contributed by atoms with Gasteiger partial charge in [0.1, 0.15) is 6.54 Å². The Morgan fingerprint density at radius 2 is 1.94 bits per heavy atom. The van der Waals surface area contributed by atoms with Gasteiger partial charge in [0.25, 0.3) is 5.91 Å². The lowest BCUT2D eigenvalue weighted by atomic mass is 10.1. The van der Waals surface area contributed by atoms with Gasteiger partial charge < -0.3 is 9.47 Å². The normalized spacial score (nSPS) is 10.9. The van der Waals surface area contributed by atoms with E-state index in [1.54, 1.807) is 41.1 Å². The topological polar surface area (TPSA) is 94.8 Å². The fraction of sp³-hybridized carbons (Fsp3) is 0.217. The Morgan fingerprint density at radius 3 is 2.59 bits per heavy atom. The molecular weight excluding hydrogens is 476 g/mol. The molecule has 166 valence electrons. The number of aryl methyl sites for hydroxylation is 2. The van der Waals surface area contributed by atoms with Crippen molar-refractivity contribution in [3.63, 3.8) is 0 Å². The van der Waals surface area contributed by atoms with Crippen molar-refractivity contribution in [2.75, 3.05) is 7.11 Å². The Morgan fingerprint density at radius 1 is 1.16 bits per heavy atom. The van der Waals surface area contributed by atoms with Crippen LogP contribution < -0.4 is 14.9 Å². The number of halogens is 1. The minimum absolute atomic E-state index is 0.0484. The van der Waals surface area contributed by atoms with E-state index in [1.165, 1.54) is 13.3 Å². The summed E-state index contributed by atoms with van der Waals surface area (Å²) < 4.78 is 13.3. The second kappa shape index (κ2) is 10.2. The smallest absolute Gasteiger partial charge is 0.343 e. The number of nitrogens with zero attached hydrogens (tertiary/aromatic N) is 3. The Kier molecular flexibility index (Phi) is 7.42. The van der Waals surface area contributed by atoms with Gasteiger partial charge in [0.15, 0.2) is 11.5 Å². The highest BCUT2D eigenvalue weighted by Gasteiger charge is 2.13. The number of rotatable bonds is 7. The molecule has 0 bridgehead atoms. The molecule has 1 N–H and O–H groups in total. The van der Waals surface area contributed by atoms with Crippen LogP contribution in [0.25, 0.3) is 0 Å². The van der Waals surface area contributed by atoms with Crippen LogP contribution in [0.4, 0.5) is 0 Å². The number of hydrogen-bond donors (Lipinski definition) is 1. The van der Waals surface area contributed by atoms with E-state index in [4.69, 9.17) is 9.47 Å². The van der Waals surface area contributed by atoms with Crippen molar-refractivity contribution in [3.05, 3.63) is 75.0 Å². The summed E-state index contributed by atoms with van der Waals surface area (Å²) in [5, 5.41) is 8.28. The lowest BCUT2D eigenvalue weighted by molar-refractivity contribution is -0.121. The minimum Gasteiger partial charge on any atom is -0.493 e. The van der Waals surface area contributed by atoms with Crippen LogP contribution in [0.3, 0.4) is 0 Å². The van der Waals surface area contributed by atoms with Crippen LogP contribution in [-0.4, -0.2) is 35.0 Å². The number of hydrazone groups is 1. The maximum atomic E-state index is 12.4. The summed E-state index contributed by atoms with van der Waals surface area (Å²) in [7, 11) is 1.48. The van der Waals surface area contributed by atoms with Crippen molar-refractivity contribution in [1.82, 2.24) is 15.2 Å². The zero-order valence-electron chi connectivity index (χ0n) is 18.2. The largest absolute Gasteiger partial charge is 0.493 e. The van der Waals surface area contributed by atoms with Crippen molar-refractivity contribution >= 4 is 34.0 Å². The van der Waals surface area contributed by atoms with Crippen LogP contribution in [0.15, 0.2) is 52.0 Å². The SMILES string of the molecule is COc1cc(C=NNC(=O)Cn2nc(C)c(Br)c2C)ccc1OC(=O)c1cccc(C)c1. The number of esters is 1. The molecule has 32 heavy (non-hydrogen) atoms. The van der Waals surface area contributed by atoms with E-state index >= 15 is 0 Å². The zero-order valence-corrected chi connectivity index (χ0v) is 19.8. The van der Waals surface area contributed by atoms with E-state index in [9.17, 15) is 9.59 Å². The standard InChI is InChI=1S/C23H23BrN4O4/c1-14-6-5-7-18(10-14)23(30)32-19-9-8-17(11-20(19)31-4)12-25-26-21(29)13-28-16(3)22(24)15(2)27-28/h5-12H,13H2,1-4H3,(H,26,29). The molecule has 8 nitrogen and oxygen atoms in total. The average molecular weight is 499 g/mol. The van der Waals surface area contributed by atoms with Crippen LogP contribution in [0.5, 0.6) is 11.5 Å². The molecule has 9 heteroatoms. The maximum Gasteiger partial charge on any atom is 0.343 e. The van der Waals surface area contributed by atoms with Gasteiger partial charge in [-0.1, -0.05) is 17.7 Å². The third-order valence-corrected chi connectivity index (χ3v) is 5.78. The second-order valence-corrected chi connectivity index (χ2v) is 7.90. The van der Waals surface area contributed by atoms with Crippen LogP contribution >= 0.6 is 15.9 Å². The molecule has 0 atom stereocenters. The molecule has 0 saturated carbocycles. The number of ether oxygens (including phenoxy) is 2. The van der Waals surface area contributed by atoms with Gasteiger partial charge >= 0.3 is 5.97 Å². The summed E-state index contributed by atoms with van der Waals surface area (Å²) in [5.74, 6) is -0.129. The van der Waals surface area contributed by atoms with E-state index < -0.39 is 5.97 Å². The average Bonchev–Trinajstić information content (AvgIpc) is 3.01. The number of benzene rings is 2. The lowest BCUT2D eigenvalue weighted by Gasteiger charge is -2.10. The van der Waals surface area contributed by atoms with Gasteiger partial charge in [-0.25, -0.2) is 10.2 Å². The number of methoxy groups -OCH3 is 1. The molecule has 0 saturated heterocycles. The van der Waals surface area contributed by atoms with E-state index in [1.807, 2.05) is 26.8 Å². The molecular formula is C23H23BrN4O4. The highest BCUT2D eigenvalue weighted by Crippen LogP contribution is 2.28. The molecule has 1 heterocycles. The van der Waals surface area contributed by atoms with E-state index in [0.29, 0.717) is 16.9 Å². The summed E-state index contributed by atoms with van der Waals surface area (Å²) in [5.41, 5.74) is 6.23. The number of amides is 1. The Bertz CT molecular complexity index is 1190. The van der Waals surface area contributed by atoms with Gasteiger partial charge in [-0.15, -0.1) is 0 Å². The van der Waals surface area contributed by atoms with E-state index in [-0.39, 0.29) is 18.2 Å².